The van der Waals surface area contributed by atoms with Gasteiger partial charge in [0.25, 0.3) is 0 Å². The Bertz CT molecular complexity index is 741. The van der Waals surface area contributed by atoms with Gasteiger partial charge in [0.2, 0.25) is 5.91 Å². The molecule has 1 heterocycles. The average molecular weight is 402 g/mol. The van der Waals surface area contributed by atoms with Crippen LogP contribution in [0.2, 0.25) is 5.02 Å². The summed E-state index contributed by atoms with van der Waals surface area (Å²) in [7, 11) is 1.68. The number of halogens is 1. The summed E-state index contributed by atoms with van der Waals surface area (Å²) in [6, 6.07) is 16.0. The van der Waals surface area contributed by atoms with Crippen molar-refractivity contribution in [1.82, 2.24) is 15.1 Å². The number of ether oxygens (including phenoxy) is 1. The highest BCUT2D eigenvalue weighted by Crippen LogP contribution is 2.14. The van der Waals surface area contributed by atoms with Crippen molar-refractivity contribution in [2.24, 2.45) is 0 Å². The fourth-order valence-electron chi connectivity index (χ4n) is 3.35. The van der Waals surface area contributed by atoms with Gasteiger partial charge in [0, 0.05) is 44.3 Å². The second-order valence-corrected chi connectivity index (χ2v) is 7.56. The first-order valence-electron chi connectivity index (χ1n) is 9.71. The molecule has 2 aromatic rings. The maximum atomic E-state index is 12.2. The van der Waals surface area contributed by atoms with Crippen LogP contribution in [0.5, 0.6) is 5.75 Å². The zero-order chi connectivity index (χ0) is 19.8. The Kier molecular flexibility index (Phi) is 7.71. The topological polar surface area (TPSA) is 44.8 Å². The monoisotopic (exact) mass is 401 g/mol. The maximum absolute atomic E-state index is 12.2. The molecule has 150 valence electrons. The predicted octanol–water partition coefficient (Wildman–Crippen LogP) is 2.83. The number of methoxy groups -OCH3 is 1. The van der Waals surface area contributed by atoms with E-state index in [1.165, 1.54) is 11.1 Å². The Morgan fingerprint density at radius 3 is 2.21 bits per heavy atom. The second kappa shape index (κ2) is 10.5. The largest absolute Gasteiger partial charge is 0.497 e. The minimum atomic E-state index is 0.0950. The van der Waals surface area contributed by atoms with E-state index in [4.69, 9.17) is 16.3 Å². The van der Waals surface area contributed by atoms with Crippen LogP contribution in [0.25, 0.3) is 0 Å². The Morgan fingerprint density at radius 1 is 0.964 bits per heavy atom. The van der Waals surface area contributed by atoms with Crippen molar-refractivity contribution in [3.8, 4) is 5.75 Å². The van der Waals surface area contributed by atoms with Crippen molar-refractivity contribution in [3.05, 3.63) is 64.7 Å². The molecule has 0 spiro atoms. The standard InChI is InChI=1S/C22H28ClN3O2/c1-28-21-8-4-19(5-9-21)16-25-12-14-26(15-13-25)17-22(27)24-11-10-18-2-6-20(23)7-3-18/h2-9H,10-17H2,1H3,(H,24,27). The van der Waals surface area contributed by atoms with Crippen molar-refractivity contribution in [1.29, 1.82) is 0 Å². The highest BCUT2D eigenvalue weighted by molar-refractivity contribution is 6.30. The second-order valence-electron chi connectivity index (χ2n) is 7.13. The van der Waals surface area contributed by atoms with Gasteiger partial charge in [0.1, 0.15) is 5.75 Å². The Balaban J connectivity index is 1.33. The van der Waals surface area contributed by atoms with Gasteiger partial charge in [-0.1, -0.05) is 35.9 Å². The van der Waals surface area contributed by atoms with Crippen molar-refractivity contribution < 1.29 is 9.53 Å². The Labute approximate surface area is 172 Å². The summed E-state index contributed by atoms with van der Waals surface area (Å²) in [4.78, 5) is 16.8. The molecular weight excluding hydrogens is 374 g/mol. The molecule has 0 aromatic heterocycles. The average Bonchev–Trinajstić information content (AvgIpc) is 2.71. The molecule has 1 N–H and O–H groups in total. The smallest absolute Gasteiger partial charge is 0.234 e. The number of carbonyl (C=O) groups excluding carboxylic acids is 1. The van der Waals surface area contributed by atoms with E-state index in [1.54, 1.807) is 7.11 Å². The lowest BCUT2D eigenvalue weighted by molar-refractivity contribution is -0.122. The summed E-state index contributed by atoms with van der Waals surface area (Å²) in [6.45, 7) is 5.84. The van der Waals surface area contributed by atoms with Crippen LogP contribution in [0.3, 0.4) is 0 Å². The number of carbonyl (C=O) groups is 1. The van der Waals surface area contributed by atoms with E-state index in [1.807, 2.05) is 36.4 Å². The fourth-order valence-corrected chi connectivity index (χ4v) is 3.48. The molecule has 0 unspecified atom stereocenters. The van der Waals surface area contributed by atoms with Gasteiger partial charge in [0.05, 0.1) is 13.7 Å². The maximum Gasteiger partial charge on any atom is 0.234 e. The lowest BCUT2D eigenvalue weighted by Crippen LogP contribution is -2.49. The number of amides is 1. The number of piperazine rings is 1. The highest BCUT2D eigenvalue weighted by Gasteiger charge is 2.18. The van der Waals surface area contributed by atoms with Gasteiger partial charge in [-0.05, 0) is 41.8 Å². The molecule has 5 nitrogen and oxygen atoms in total. The predicted molar refractivity (Wildman–Crippen MR) is 113 cm³/mol. The van der Waals surface area contributed by atoms with Gasteiger partial charge in [-0.2, -0.15) is 0 Å². The quantitative estimate of drug-likeness (QED) is 0.738. The summed E-state index contributed by atoms with van der Waals surface area (Å²) in [5, 5.41) is 3.75. The van der Waals surface area contributed by atoms with Crippen LogP contribution >= 0.6 is 11.6 Å². The lowest BCUT2D eigenvalue weighted by Gasteiger charge is -2.34. The summed E-state index contributed by atoms with van der Waals surface area (Å²) < 4.78 is 5.20. The molecular formula is C22H28ClN3O2. The first-order chi connectivity index (χ1) is 13.6. The molecule has 28 heavy (non-hydrogen) atoms. The molecule has 6 heteroatoms. The summed E-state index contributed by atoms with van der Waals surface area (Å²) >= 11 is 5.89. The number of nitrogens with zero attached hydrogens (tertiary/aromatic N) is 2. The van der Waals surface area contributed by atoms with E-state index in [0.717, 1.165) is 49.9 Å². The molecule has 2 aromatic carbocycles. The zero-order valence-corrected chi connectivity index (χ0v) is 17.1. The molecule has 3 rings (SSSR count). The highest BCUT2D eigenvalue weighted by atomic mass is 35.5. The molecule has 1 saturated heterocycles. The van der Waals surface area contributed by atoms with Crippen LogP contribution in [0.1, 0.15) is 11.1 Å². The van der Waals surface area contributed by atoms with Crippen molar-refractivity contribution in [2.45, 2.75) is 13.0 Å². The number of hydrogen-bond acceptors (Lipinski definition) is 4. The number of hydrogen-bond donors (Lipinski definition) is 1. The van der Waals surface area contributed by atoms with E-state index >= 15 is 0 Å². The van der Waals surface area contributed by atoms with E-state index in [9.17, 15) is 4.79 Å². The summed E-state index contributed by atoms with van der Waals surface area (Å²) in [5.41, 5.74) is 2.46. The van der Waals surface area contributed by atoms with Crippen molar-refractivity contribution >= 4 is 17.5 Å². The first kappa shape index (κ1) is 20.6. The Hall–Kier alpha value is -2.08. The molecule has 0 bridgehead atoms. The molecule has 1 fully saturated rings. The number of benzene rings is 2. The SMILES string of the molecule is COc1ccc(CN2CCN(CC(=O)NCCc3ccc(Cl)cc3)CC2)cc1. The van der Waals surface area contributed by atoms with Gasteiger partial charge in [-0.15, -0.1) is 0 Å². The van der Waals surface area contributed by atoms with Gasteiger partial charge in [-0.3, -0.25) is 14.6 Å². The molecule has 0 radical (unpaired) electrons. The number of rotatable bonds is 8. The lowest BCUT2D eigenvalue weighted by atomic mass is 10.1. The molecule has 0 aliphatic carbocycles. The van der Waals surface area contributed by atoms with Crippen molar-refractivity contribution in [3.63, 3.8) is 0 Å². The van der Waals surface area contributed by atoms with E-state index in [-0.39, 0.29) is 5.91 Å². The van der Waals surface area contributed by atoms with Crippen LogP contribution in [-0.4, -0.2) is 62.1 Å². The fraction of sp³-hybridized carbons (Fsp3) is 0.409. The van der Waals surface area contributed by atoms with E-state index < -0.39 is 0 Å². The van der Waals surface area contributed by atoms with Crippen LogP contribution in [0.15, 0.2) is 48.5 Å². The van der Waals surface area contributed by atoms with Gasteiger partial charge in [-0.25, -0.2) is 0 Å². The van der Waals surface area contributed by atoms with Crippen LogP contribution in [-0.2, 0) is 17.8 Å². The van der Waals surface area contributed by atoms with E-state index in [0.29, 0.717) is 13.1 Å². The zero-order valence-electron chi connectivity index (χ0n) is 16.4. The number of nitrogens with one attached hydrogen (secondary N) is 1. The van der Waals surface area contributed by atoms with Gasteiger partial charge >= 0.3 is 0 Å². The molecule has 0 saturated carbocycles. The van der Waals surface area contributed by atoms with Crippen molar-refractivity contribution in [2.75, 3.05) is 46.4 Å². The molecule has 0 atom stereocenters. The van der Waals surface area contributed by atoms with Gasteiger partial charge in [0.15, 0.2) is 0 Å². The van der Waals surface area contributed by atoms with Crippen LogP contribution < -0.4 is 10.1 Å². The van der Waals surface area contributed by atoms with E-state index in [2.05, 4.69) is 27.2 Å². The third-order valence-corrected chi connectivity index (χ3v) is 5.30. The van der Waals surface area contributed by atoms with Crippen LogP contribution in [0.4, 0.5) is 0 Å². The first-order valence-corrected chi connectivity index (χ1v) is 10.1. The van der Waals surface area contributed by atoms with Gasteiger partial charge < -0.3 is 10.1 Å². The molecule has 1 amide bonds. The molecule has 1 aliphatic rings. The normalized spacial score (nSPS) is 15.4. The molecule has 1 aliphatic heterocycles. The van der Waals surface area contributed by atoms with Crippen LogP contribution in [0, 0.1) is 0 Å². The third-order valence-electron chi connectivity index (χ3n) is 5.05. The minimum Gasteiger partial charge on any atom is -0.497 e. The third kappa shape index (κ3) is 6.51. The minimum absolute atomic E-state index is 0.0950. The summed E-state index contributed by atoms with van der Waals surface area (Å²) in [5.74, 6) is 0.980. The Morgan fingerprint density at radius 2 is 1.57 bits per heavy atom. The summed E-state index contributed by atoms with van der Waals surface area (Å²) in [6.07, 6.45) is 0.818.